The number of halogens is 3. The second-order valence-corrected chi connectivity index (χ2v) is 5.20. The fourth-order valence-corrected chi connectivity index (χ4v) is 1.99. The van der Waals surface area contributed by atoms with Gasteiger partial charge >= 0.3 is 5.97 Å². The Balaban J connectivity index is 2.52. The topological polar surface area (TPSA) is 66.4 Å². The van der Waals surface area contributed by atoms with E-state index in [4.69, 9.17) is 28.3 Å². The highest BCUT2D eigenvalue weighted by molar-refractivity contribution is 6.36. The molecule has 0 bridgehead atoms. The average Bonchev–Trinajstić information content (AvgIpc) is 2.38. The van der Waals surface area contributed by atoms with Crippen LogP contribution in [-0.4, -0.2) is 23.5 Å². The Morgan fingerprint density at radius 2 is 2.00 bits per heavy atom. The van der Waals surface area contributed by atoms with Gasteiger partial charge in [0.1, 0.15) is 5.82 Å². The molecule has 0 radical (unpaired) electrons. The van der Waals surface area contributed by atoms with Gasteiger partial charge in [-0.15, -0.1) is 0 Å². The van der Waals surface area contributed by atoms with Crippen molar-refractivity contribution in [2.45, 2.75) is 19.8 Å². The normalized spacial score (nSPS) is 12.0. The Hall–Kier alpha value is -1.33. The Morgan fingerprint density at radius 1 is 1.35 bits per heavy atom. The van der Waals surface area contributed by atoms with Crippen molar-refractivity contribution in [1.29, 1.82) is 0 Å². The van der Waals surface area contributed by atoms with Crippen molar-refractivity contribution in [3.63, 3.8) is 0 Å². The number of hydrogen-bond donors (Lipinski definition) is 2. The van der Waals surface area contributed by atoms with Crippen LogP contribution < -0.4 is 5.32 Å². The lowest BCUT2D eigenvalue weighted by Crippen LogP contribution is -2.25. The number of carboxylic acids is 1. The van der Waals surface area contributed by atoms with Crippen molar-refractivity contribution in [1.82, 2.24) is 5.32 Å². The number of nitrogens with one attached hydrogen (secondary N) is 1. The van der Waals surface area contributed by atoms with E-state index < -0.39 is 23.6 Å². The third-order valence-corrected chi connectivity index (χ3v) is 3.38. The molecule has 0 aliphatic rings. The maximum atomic E-state index is 13.3. The first-order chi connectivity index (χ1) is 9.32. The molecule has 0 heterocycles. The number of amides is 1. The van der Waals surface area contributed by atoms with Gasteiger partial charge < -0.3 is 10.4 Å². The molecule has 4 nitrogen and oxygen atoms in total. The molecule has 0 aliphatic carbocycles. The van der Waals surface area contributed by atoms with Crippen LogP contribution in [0.2, 0.25) is 10.0 Å². The Labute approximate surface area is 125 Å². The maximum Gasteiger partial charge on any atom is 0.306 e. The molecule has 7 heteroatoms. The molecule has 1 rings (SSSR count). The smallest absolute Gasteiger partial charge is 0.306 e. The third-order valence-electron chi connectivity index (χ3n) is 2.78. The third kappa shape index (κ3) is 4.65. The van der Waals surface area contributed by atoms with Crippen LogP contribution in [-0.2, 0) is 4.79 Å². The van der Waals surface area contributed by atoms with E-state index in [1.54, 1.807) is 6.92 Å². The number of carbonyl (C=O) groups is 2. The lowest BCUT2D eigenvalue weighted by molar-refractivity contribution is -0.141. The predicted molar refractivity (Wildman–Crippen MR) is 74.8 cm³/mol. The van der Waals surface area contributed by atoms with E-state index in [1.165, 1.54) is 6.07 Å². The van der Waals surface area contributed by atoms with E-state index in [1.807, 2.05) is 0 Å². The number of rotatable bonds is 6. The SMILES string of the molecule is CC(CCCNC(=O)c1cc(F)c(Cl)cc1Cl)C(=O)O. The van der Waals surface area contributed by atoms with Gasteiger partial charge in [-0.25, -0.2) is 4.39 Å². The number of carbonyl (C=O) groups excluding carboxylic acids is 1. The first-order valence-corrected chi connectivity index (χ1v) is 6.74. The summed E-state index contributed by atoms with van der Waals surface area (Å²) in [4.78, 5) is 22.4. The lowest BCUT2D eigenvalue weighted by atomic mass is 10.1. The summed E-state index contributed by atoms with van der Waals surface area (Å²) in [6.45, 7) is 1.88. The van der Waals surface area contributed by atoms with Crippen LogP contribution in [0.5, 0.6) is 0 Å². The van der Waals surface area contributed by atoms with Crippen LogP contribution in [0, 0.1) is 11.7 Å². The van der Waals surface area contributed by atoms with Gasteiger partial charge in [-0.05, 0) is 25.0 Å². The Kier molecular flexibility index (Phi) is 6.23. The van der Waals surface area contributed by atoms with Gasteiger partial charge in [-0.1, -0.05) is 30.1 Å². The summed E-state index contributed by atoms with van der Waals surface area (Å²) in [6, 6.07) is 2.14. The highest BCUT2D eigenvalue weighted by Crippen LogP contribution is 2.24. The minimum atomic E-state index is -0.876. The van der Waals surface area contributed by atoms with Gasteiger partial charge in [0, 0.05) is 6.54 Å². The van der Waals surface area contributed by atoms with Crippen LogP contribution in [0.1, 0.15) is 30.1 Å². The van der Waals surface area contributed by atoms with Crippen LogP contribution >= 0.6 is 23.2 Å². The molecule has 20 heavy (non-hydrogen) atoms. The molecule has 110 valence electrons. The highest BCUT2D eigenvalue weighted by Gasteiger charge is 2.14. The van der Waals surface area contributed by atoms with Gasteiger partial charge in [-0.3, -0.25) is 9.59 Å². The van der Waals surface area contributed by atoms with E-state index in [-0.39, 0.29) is 22.2 Å². The zero-order valence-electron chi connectivity index (χ0n) is 10.8. The van der Waals surface area contributed by atoms with Crippen LogP contribution in [0.3, 0.4) is 0 Å². The molecular formula is C13H14Cl2FNO3. The average molecular weight is 322 g/mol. The standard InChI is InChI=1S/C13H14Cl2FNO3/c1-7(13(19)20)3-2-4-17-12(18)8-5-11(16)10(15)6-9(8)14/h5-7H,2-4H2,1H3,(H,17,18)(H,19,20). The number of hydrogen-bond acceptors (Lipinski definition) is 2. The molecule has 0 aliphatic heterocycles. The summed E-state index contributed by atoms with van der Waals surface area (Å²) in [5.41, 5.74) is -0.000139. The second-order valence-electron chi connectivity index (χ2n) is 4.38. The maximum absolute atomic E-state index is 13.3. The van der Waals surface area contributed by atoms with E-state index in [0.29, 0.717) is 12.8 Å². The molecule has 1 aromatic rings. The minimum absolute atomic E-state index is 0.000139. The van der Waals surface area contributed by atoms with Crippen molar-refractivity contribution in [2.24, 2.45) is 5.92 Å². The monoisotopic (exact) mass is 321 g/mol. The molecule has 0 saturated carbocycles. The van der Waals surface area contributed by atoms with Crippen molar-refractivity contribution in [3.05, 3.63) is 33.6 Å². The van der Waals surface area contributed by atoms with E-state index in [0.717, 1.165) is 6.07 Å². The number of benzene rings is 1. The van der Waals surface area contributed by atoms with Gasteiger partial charge in [0.25, 0.3) is 5.91 Å². The summed E-state index contributed by atoms with van der Waals surface area (Å²) in [6.07, 6.45) is 0.950. The van der Waals surface area contributed by atoms with Gasteiger partial charge in [0.05, 0.1) is 21.5 Å². The van der Waals surface area contributed by atoms with Crippen molar-refractivity contribution in [2.75, 3.05) is 6.54 Å². The molecule has 1 unspecified atom stereocenters. The van der Waals surface area contributed by atoms with E-state index in [9.17, 15) is 14.0 Å². The molecule has 1 atom stereocenters. The zero-order chi connectivity index (χ0) is 15.3. The second kappa shape index (κ2) is 7.45. The summed E-state index contributed by atoms with van der Waals surface area (Å²) >= 11 is 11.3. The lowest BCUT2D eigenvalue weighted by Gasteiger charge is -2.09. The van der Waals surface area contributed by atoms with Crippen molar-refractivity contribution >= 4 is 35.1 Å². The fourth-order valence-electron chi connectivity index (χ4n) is 1.53. The van der Waals surface area contributed by atoms with E-state index in [2.05, 4.69) is 5.32 Å². The molecular weight excluding hydrogens is 308 g/mol. The fraction of sp³-hybridized carbons (Fsp3) is 0.385. The van der Waals surface area contributed by atoms with E-state index >= 15 is 0 Å². The van der Waals surface area contributed by atoms with Gasteiger partial charge in [-0.2, -0.15) is 0 Å². The zero-order valence-corrected chi connectivity index (χ0v) is 12.3. The first-order valence-electron chi connectivity index (χ1n) is 5.98. The van der Waals surface area contributed by atoms with Crippen LogP contribution in [0.25, 0.3) is 0 Å². The molecule has 1 amide bonds. The molecule has 0 spiro atoms. The summed E-state index contributed by atoms with van der Waals surface area (Å²) < 4.78 is 13.3. The van der Waals surface area contributed by atoms with Crippen molar-refractivity contribution < 1.29 is 19.1 Å². The molecule has 0 fully saturated rings. The number of aliphatic carboxylic acids is 1. The number of carboxylic acid groups (broad SMARTS) is 1. The molecule has 0 saturated heterocycles. The first kappa shape index (κ1) is 16.7. The van der Waals surface area contributed by atoms with Crippen molar-refractivity contribution in [3.8, 4) is 0 Å². The molecule has 1 aromatic carbocycles. The Bertz CT molecular complexity index is 523. The van der Waals surface area contributed by atoms with Gasteiger partial charge in [0.2, 0.25) is 0 Å². The Morgan fingerprint density at radius 3 is 2.60 bits per heavy atom. The quantitative estimate of drug-likeness (QED) is 0.623. The predicted octanol–water partition coefficient (Wildman–Crippen LogP) is 3.36. The summed E-state index contributed by atoms with van der Waals surface area (Å²) in [7, 11) is 0. The highest BCUT2D eigenvalue weighted by atomic mass is 35.5. The van der Waals surface area contributed by atoms with Crippen LogP contribution in [0.15, 0.2) is 12.1 Å². The molecule has 2 N–H and O–H groups in total. The molecule has 0 aromatic heterocycles. The minimum Gasteiger partial charge on any atom is -0.481 e. The van der Waals surface area contributed by atoms with Crippen LogP contribution in [0.4, 0.5) is 4.39 Å². The summed E-state index contributed by atoms with van der Waals surface area (Å²) in [5, 5.41) is 11.2. The summed E-state index contributed by atoms with van der Waals surface area (Å²) in [5.74, 6) is -2.59. The largest absolute Gasteiger partial charge is 0.481 e. The van der Waals surface area contributed by atoms with Gasteiger partial charge in [0.15, 0.2) is 0 Å².